The topological polar surface area (TPSA) is 59.2 Å². The monoisotopic (exact) mass is 356 g/mol. The zero-order valence-electron chi connectivity index (χ0n) is 15.4. The zero-order chi connectivity index (χ0) is 17.8. The molecule has 1 fully saturated rings. The average Bonchev–Trinajstić information content (AvgIpc) is 3.19. The smallest absolute Gasteiger partial charge is 0.267 e. The second kappa shape index (κ2) is 8.14. The van der Waals surface area contributed by atoms with E-state index in [-0.39, 0.29) is 5.56 Å². The lowest BCUT2D eigenvalue weighted by Crippen LogP contribution is -2.48. The summed E-state index contributed by atoms with van der Waals surface area (Å²) >= 11 is 0. The second-order valence-corrected chi connectivity index (χ2v) is 7.34. The highest BCUT2D eigenvalue weighted by Crippen LogP contribution is 2.16. The predicted octanol–water partition coefficient (Wildman–Crippen LogP) is 0.636. The van der Waals surface area contributed by atoms with Crippen LogP contribution in [0.25, 0.3) is 0 Å². The summed E-state index contributed by atoms with van der Waals surface area (Å²) in [5.74, 6) is 0. The van der Waals surface area contributed by atoms with E-state index in [0.717, 1.165) is 64.3 Å². The molecule has 0 radical (unpaired) electrons. The van der Waals surface area contributed by atoms with Crippen molar-refractivity contribution in [3.63, 3.8) is 0 Å². The molecule has 1 aliphatic carbocycles. The summed E-state index contributed by atoms with van der Waals surface area (Å²) in [6, 6.07) is 3.78. The molecule has 7 heteroatoms. The second-order valence-electron chi connectivity index (χ2n) is 7.34. The van der Waals surface area contributed by atoms with Gasteiger partial charge in [0.2, 0.25) is 0 Å². The van der Waals surface area contributed by atoms with Gasteiger partial charge in [0.1, 0.15) is 0 Å². The van der Waals surface area contributed by atoms with Gasteiger partial charge < -0.3 is 0 Å². The number of hydrogen-bond donors (Lipinski definition) is 0. The van der Waals surface area contributed by atoms with E-state index in [1.165, 1.54) is 18.4 Å². The van der Waals surface area contributed by atoms with Crippen LogP contribution in [0, 0.1) is 0 Å². The number of rotatable bonds is 6. The van der Waals surface area contributed by atoms with Crippen LogP contribution in [0.15, 0.2) is 29.3 Å². The molecule has 4 rings (SSSR count). The Morgan fingerprint density at radius 1 is 0.923 bits per heavy atom. The van der Waals surface area contributed by atoms with Crippen LogP contribution in [0.5, 0.6) is 0 Å². The van der Waals surface area contributed by atoms with E-state index in [9.17, 15) is 4.79 Å². The van der Waals surface area contributed by atoms with E-state index < -0.39 is 0 Å². The van der Waals surface area contributed by atoms with Crippen LogP contribution in [-0.4, -0.2) is 68.6 Å². The van der Waals surface area contributed by atoms with Crippen molar-refractivity contribution in [2.45, 2.75) is 38.8 Å². The van der Waals surface area contributed by atoms with Crippen molar-refractivity contribution < 1.29 is 0 Å². The van der Waals surface area contributed by atoms with E-state index in [4.69, 9.17) is 0 Å². The van der Waals surface area contributed by atoms with Gasteiger partial charge in [-0.3, -0.25) is 19.3 Å². The molecule has 0 N–H and O–H groups in total. The lowest BCUT2D eigenvalue weighted by atomic mass is 9.97. The molecule has 0 unspecified atom stereocenters. The van der Waals surface area contributed by atoms with Crippen LogP contribution >= 0.6 is 0 Å². The van der Waals surface area contributed by atoms with Gasteiger partial charge in [0, 0.05) is 57.7 Å². The van der Waals surface area contributed by atoms with Crippen molar-refractivity contribution >= 4 is 0 Å². The van der Waals surface area contributed by atoms with Gasteiger partial charge in [0.15, 0.2) is 0 Å². The van der Waals surface area contributed by atoms with E-state index >= 15 is 0 Å². The highest BCUT2D eigenvalue weighted by molar-refractivity contribution is 5.20. The fourth-order valence-electron chi connectivity index (χ4n) is 3.91. The van der Waals surface area contributed by atoms with E-state index in [1.807, 2.05) is 29.2 Å². The molecular weight excluding hydrogens is 328 g/mol. The van der Waals surface area contributed by atoms with Gasteiger partial charge in [-0.15, -0.1) is 0 Å². The number of piperazine rings is 1. The van der Waals surface area contributed by atoms with Crippen molar-refractivity contribution in [3.8, 4) is 0 Å². The minimum Gasteiger partial charge on any atom is -0.299 e. The van der Waals surface area contributed by atoms with Crippen molar-refractivity contribution in [1.82, 2.24) is 29.4 Å². The van der Waals surface area contributed by atoms with E-state index in [1.54, 1.807) is 4.68 Å². The summed E-state index contributed by atoms with van der Waals surface area (Å²) in [5.41, 5.74) is 2.37. The van der Waals surface area contributed by atoms with Crippen molar-refractivity contribution in [2.75, 3.05) is 39.3 Å². The molecule has 2 aromatic rings. The van der Waals surface area contributed by atoms with Gasteiger partial charge in [-0.2, -0.15) is 10.2 Å². The Balaban J connectivity index is 1.24. The van der Waals surface area contributed by atoms with E-state index in [0.29, 0.717) is 6.54 Å². The van der Waals surface area contributed by atoms with Crippen molar-refractivity contribution in [2.24, 2.45) is 0 Å². The summed E-state index contributed by atoms with van der Waals surface area (Å²) in [7, 11) is 0. The molecule has 7 nitrogen and oxygen atoms in total. The maximum absolute atomic E-state index is 12.3. The molecule has 3 heterocycles. The average molecular weight is 356 g/mol. The Bertz CT molecular complexity index is 761. The Kier molecular flexibility index (Phi) is 5.45. The molecule has 2 aliphatic rings. The van der Waals surface area contributed by atoms with Crippen LogP contribution in [-0.2, 0) is 25.9 Å². The molecule has 0 bridgehead atoms. The lowest BCUT2D eigenvalue weighted by Gasteiger charge is -2.34. The number of aromatic nitrogens is 4. The molecule has 0 saturated carbocycles. The molecule has 1 aliphatic heterocycles. The number of fused-ring (bicyclic) bond motifs is 1. The first-order valence-corrected chi connectivity index (χ1v) is 9.80. The largest absolute Gasteiger partial charge is 0.299 e. The normalized spacial score (nSPS) is 18.8. The number of hydrogen-bond acceptors (Lipinski definition) is 5. The third-order valence-electron chi connectivity index (χ3n) is 5.57. The fraction of sp³-hybridized carbons (Fsp3) is 0.632. The first kappa shape index (κ1) is 17.4. The lowest BCUT2D eigenvalue weighted by molar-refractivity contribution is 0.123. The fourth-order valence-corrected chi connectivity index (χ4v) is 3.91. The third kappa shape index (κ3) is 4.22. The molecular formula is C19H28N6O. The third-order valence-corrected chi connectivity index (χ3v) is 5.57. The summed E-state index contributed by atoms with van der Waals surface area (Å²) in [4.78, 5) is 17.2. The summed E-state index contributed by atoms with van der Waals surface area (Å²) in [5, 5.41) is 8.89. The molecule has 0 aromatic carbocycles. The predicted molar refractivity (Wildman–Crippen MR) is 100 cm³/mol. The number of aryl methyl sites for hydroxylation is 2. The van der Waals surface area contributed by atoms with Crippen molar-refractivity contribution in [1.29, 1.82) is 0 Å². The minimum atomic E-state index is 0.0588. The SMILES string of the molecule is O=c1cc2c(nn1CCN1CCN(CCn3cccn3)CC1)CCCC2. The zero-order valence-corrected chi connectivity index (χ0v) is 15.4. The molecule has 1 saturated heterocycles. The summed E-state index contributed by atoms with van der Waals surface area (Å²) in [6.07, 6.45) is 8.25. The molecule has 0 atom stereocenters. The van der Waals surface area contributed by atoms with Gasteiger partial charge in [-0.05, 0) is 37.3 Å². The first-order valence-electron chi connectivity index (χ1n) is 9.80. The minimum absolute atomic E-state index is 0.0588. The summed E-state index contributed by atoms with van der Waals surface area (Å²) < 4.78 is 3.66. The quantitative estimate of drug-likeness (QED) is 0.760. The van der Waals surface area contributed by atoms with Crippen LogP contribution in [0.4, 0.5) is 0 Å². The maximum Gasteiger partial charge on any atom is 0.267 e. The maximum atomic E-state index is 12.3. The first-order chi connectivity index (χ1) is 12.8. The van der Waals surface area contributed by atoms with Crippen molar-refractivity contribution in [3.05, 3.63) is 46.1 Å². The summed E-state index contributed by atoms with van der Waals surface area (Å²) in [6.45, 7) is 7.85. The Morgan fingerprint density at radius 3 is 2.38 bits per heavy atom. The highest BCUT2D eigenvalue weighted by atomic mass is 16.1. The Labute approximate surface area is 154 Å². The molecule has 0 amide bonds. The van der Waals surface area contributed by atoms with E-state index in [2.05, 4.69) is 20.0 Å². The van der Waals surface area contributed by atoms with Crippen LogP contribution in [0.2, 0.25) is 0 Å². The number of nitrogens with zero attached hydrogens (tertiary/aromatic N) is 6. The van der Waals surface area contributed by atoms with Crippen LogP contribution in [0.3, 0.4) is 0 Å². The molecule has 26 heavy (non-hydrogen) atoms. The van der Waals surface area contributed by atoms with Crippen LogP contribution < -0.4 is 5.56 Å². The Hall–Kier alpha value is -1.99. The molecule has 2 aromatic heterocycles. The van der Waals surface area contributed by atoms with Gasteiger partial charge in [-0.25, -0.2) is 4.68 Å². The van der Waals surface area contributed by atoms with Gasteiger partial charge in [0.25, 0.3) is 5.56 Å². The standard InChI is InChI=1S/C19H28N6O/c26-19-16-17-4-1-2-5-18(17)21-25(19)15-13-23-10-8-22(9-11-23)12-14-24-7-3-6-20-24/h3,6-7,16H,1-2,4-5,8-15H2. The van der Waals surface area contributed by atoms with Gasteiger partial charge in [0.05, 0.1) is 18.8 Å². The Morgan fingerprint density at radius 2 is 1.65 bits per heavy atom. The van der Waals surface area contributed by atoms with Crippen LogP contribution in [0.1, 0.15) is 24.1 Å². The highest BCUT2D eigenvalue weighted by Gasteiger charge is 2.18. The molecule has 0 spiro atoms. The van der Waals surface area contributed by atoms with Gasteiger partial charge >= 0.3 is 0 Å². The molecule has 140 valence electrons. The van der Waals surface area contributed by atoms with Gasteiger partial charge in [-0.1, -0.05) is 0 Å².